The first-order chi connectivity index (χ1) is 7.70. The molecule has 0 aliphatic heterocycles. The van der Waals surface area contributed by atoms with E-state index in [0.29, 0.717) is 11.4 Å². The minimum absolute atomic E-state index is 0.356. The number of pyridine rings is 1. The number of aromatic hydroxyl groups is 1. The summed E-state index contributed by atoms with van der Waals surface area (Å²) in [7, 11) is 1.53. The smallest absolute Gasteiger partial charge is 0.212 e. The van der Waals surface area contributed by atoms with Gasteiger partial charge in [0.15, 0.2) is 11.6 Å². The van der Waals surface area contributed by atoms with Gasteiger partial charge in [-0.3, -0.25) is 0 Å². The van der Waals surface area contributed by atoms with Crippen LogP contribution in [-0.2, 0) is 0 Å². The summed E-state index contributed by atoms with van der Waals surface area (Å²) in [5, 5.41) is 9.06. The molecule has 1 N–H and O–H groups in total. The highest BCUT2D eigenvalue weighted by Crippen LogP contribution is 2.25. The third kappa shape index (κ3) is 1.95. The molecule has 0 radical (unpaired) electrons. The van der Waals surface area contributed by atoms with Gasteiger partial charge in [-0.15, -0.1) is 0 Å². The molecule has 1 aromatic carbocycles. The maximum atomic E-state index is 13.1. The molecule has 0 aliphatic carbocycles. The van der Waals surface area contributed by atoms with Crippen molar-refractivity contribution >= 4 is 0 Å². The molecule has 0 unspecified atom stereocenters. The van der Waals surface area contributed by atoms with Crippen molar-refractivity contribution < 1.29 is 14.2 Å². The molecule has 3 nitrogen and oxygen atoms in total. The number of ether oxygens (including phenoxy) is 1. The van der Waals surface area contributed by atoms with E-state index in [1.54, 1.807) is 24.4 Å². The van der Waals surface area contributed by atoms with Crippen LogP contribution in [0.25, 0.3) is 11.1 Å². The number of phenols is 1. The second-order valence-corrected chi connectivity index (χ2v) is 3.26. The van der Waals surface area contributed by atoms with E-state index in [4.69, 9.17) is 9.84 Å². The summed E-state index contributed by atoms with van der Waals surface area (Å²) in [6.45, 7) is 0. The van der Waals surface area contributed by atoms with Crippen LogP contribution in [0.2, 0.25) is 0 Å². The highest BCUT2D eigenvalue weighted by atomic mass is 19.1. The Balaban J connectivity index is 2.38. The van der Waals surface area contributed by atoms with E-state index in [0.717, 1.165) is 5.56 Å². The number of methoxy groups -OCH3 is 1. The van der Waals surface area contributed by atoms with Gasteiger partial charge in [0.1, 0.15) is 0 Å². The molecular weight excluding hydrogens is 209 g/mol. The molecule has 0 spiro atoms. The van der Waals surface area contributed by atoms with E-state index in [1.807, 2.05) is 0 Å². The molecule has 82 valence electrons. The van der Waals surface area contributed by atoms with E-state index in [-0.39, 0.29) is 5.75 Å². The van der Waals surface area contributed by atoms with Crippen LogP contribution in [0.15, 0.2) is 36.5 Å². The van der Waals surface area contributed by atoms with Gasteiger partial charge in [0, 0.05) is 17.8 Å². The van der Waals surface area contributed by atoms with Crippen molar-refractivity contribution in [2.75, 3.05) is 7.11 Å². The zero-order valence-electron chi connectivity index (χ0n) is 8.64. The number of phenolic OH excluding ortho intramolecular Hbond substituents is 1. The average Bonchev–Trinajstić information content (AvgIpc) is 2.33. The van der Waals surface area contributed by atoms with Crippen molar-refractivity contribution in [2.24, 2.45) is 0 Å². The lowest BCUT2D eigenvalue weighted by molar-refractivity contribution is 0.398. The predicted molar refractivity (Wildman–Crippen MR) is 57.8 cm³/mol. The Kier molecular flexibility index (Phi) is 2.72. The van der Waals surface area contributed by atoms with Crippen molar-refractivity contribution in [3.63, 3.8) is 0 Å². The number of halogens is 1. The van der Waals surface area contributed by atoms with E-state index >= 15 is 0 Å². The third-order valence-electron chi connectivity index (χ3n) is 2.23. The Labute approximate surface area is 92.1 Å². The van der Waals surface area contributed by atoms with Crippen LogP contribution < -0.4 is 4.74 Å². The van der Waals surface area contributed by atoms with Crippen LogP contribution in [0.1, 0.15) is 0 Å². The van der Waals surface area contributed by atoms with Crippen LogP contribution in [0.3, 0.4) is 0 Å². The first kappa shape index (κ1) is 10.4. The Morgan fingerprint density at radius 2 is 1.94 bits per heavy atom. The molecule has 0 amide bonds. The normalized spacial score (nSPS) is 10.1. The number of rotatable bonds is 2. The fourth-order valence-electron chi connectivity index (χ4n) is 1.36. The second kappa shape index (κ2) is 4.18. The van der Waals surface area contributed by atoms with E-state index < -0.39 is 5.82 Å². The maximum absolute atomic E-state index is 13.1. The number of hydrogen-bond donors (Lipinski definition) is 1. The van der Waals surface area contributed by atoms with Gasteiger partial charge in [0.05, 0.1) is 7.11 Å². The lowest BCUT2D eigenvalue weighted by atomic mass is 10.1. The molecule has 0 fully saturated rings. The molecule has 0 aliphatic rings. The van der Waals surface area contributed by atoms with Crippen LogP contribution in [-0.4, -0.2) is 17.2 Å². The fourth-order valence-corrected chi connectivity index (χ4v) is 1.36. The van der Waals surface area contributed by atoms with Crippen LogP contribution >= 0.6 is 0 Å². The Morgan fingerprint density at radius 3 is 2.50 bits per heavy atom. The summed E-state index contributed by atoms with van der Waals surface area (Å²) in [5.41, 5.74) is 1.42. The second-order valence-electron chi connectivity index (χ2n) is 3.26. The molecule has 1 aromatic heterocycles. The molecular formula is C12H10FNO2. The van der Waals surface area contributed by atoms with Crippen molar-refractivity contribution in [1.29, 1.82) is 0 Å². The number of nitrogens with zero attached hydrogens (tertiary/aromatic N) is 1. The van der Waals surface area contributed by atoms with Gasteiger partial charge in [-0.05, 0) is 23.8 Å². The lowest BCUT2D eigenvalue weighted by Gasteiger charge is -2.03. The molecule has 0 atom stereocenters. The average molecular weight is 219 g/mol. The van der Waals surface area contributed by atoms with Crippen LogP contribution in [0.4, 0.5) is 4.39 Å². The SMILES string of the molecule is COc1ccc(-c2ccc(O)c(F)c2)cn1. The van der Waals surface area contributed by atoms with Crippen LogP contribution in [0, 0.1) is 5.82 Å². The molecule has 0 saturated carbocycles. The molecule has 16 heavy (non-hydrogen) atoms. The number of benzene rings is 1. The molecule has 4 heteroatoms. The summed E-state index contributed by atoms with van der Waals surface area (Å²) in [4.78, 5) is 4.02. The first-order valence-electron chi connectivity index (χ1n) is 4.69. The Bertz CT molecular complexity index is 497. The monoisotopic (exact) mass is 219 g/mol. The highest BCUT2D eigenvalue weighted by Gasteiger charge is 2.04. The number of hydrogen-bond acceptors (Lipinski definition) is 3. The lowest BCUT2D eigenvalue weighted by Crippen LogP contribution is -1.87. The summed E-state index contributed by atoms with van der Waals surface area (Å²) < 4.78 is 18.0. The minimum atomic E-state index is -0.645. The number of aromatic nitrogens is 1. The van der Waals surface area contributed by atoms with E-state index in [1.165, 1.54) is 19.2 Å². The van der Waals surface area contributed by atoms with Gasteiger partial charge in [0.25, 0.3) is 0 Å². The Hall–Kier alpha value is -2.10. The minimum Gasteiger partial charge on any atom is -0.505 e. The molecule has 0 bridgehead atoms. The first-order valence-corrected chi connectivity index (χ1v) is 4.69. The quantitative estimate of drug-likeness (QED) is 0.844. The van der Waals surface area contributed by atoms with Gasteiger partial charge in [0.2, 0.25) is 5.88 Å². The molecule has 2 rings (SSSR count). The zero-order chi connectivity index (χ0) is 11.5. The van der Waals surface area contributed by atoms with Crippen molar-refractivity contribution in [3.8, 4) is 22.8 Å². The van der Waals surface area contributed by atoms with Gasteiger partial charge < -0.3 is 9.84 Å². The molecule has 0 saturated heterocycles. The van der Waals surface area contributed by atoms with E-state index in [9.17, 15) is 4.39 Å². The van der Waals surface area contributed by atoms with Gasteiger partial charge in [-0.1, -0.05) is 6.07 Å². The third-order valence-corrected chi connectivity index (χ3v) is 2.23. The molecule has 1 heterocycles. The fraction of sp³-hybridized carbons (Fsp3) is 0.0833. The van der Waals surface area contributed by atoms with Gasteiger partial charge in [-0.25, -0.2) is 9.37 Å². The van der Waals surface area contributed by atoms with Crippen molar-refractivity contribution in [1.82, 2.24) is 4.98 Å². The van der Waals surface area contributed by atoms with Gasteiger partial charge >= 0.3 is 0 Å². The highest BCUT2D eigenvalue weighted by molar-refractivity contribution is 5.63. The van der Waals surface area contributed by atoms with Crippen LogP contribution in [0.5, 0.6) is 11.6 Å². The maximum Gasteiger partial charge on any atom is 0.212 e. The summed E-state index contributed by atoms with van der Waals surface area (Å²) in [6, 6.07) is 7.67. The van der Waals surface area contributed by atoms with Gasteiger partial charge in [-0.2, -0.15) is 0 Å². The summed E-state index contributed by atoms with van der Waals surface area (Å²) in [5.74, 6) is -0.499. The van der Waals surface area contributed by atoms with E-state index in [2.05, 4.69) is 4.98 Å². The largest absolute Gasteiger partial charge is 0.505 e. The summed E-state index contributed by atoms with van der Waals surface area (Å²) >= 11 is 0. The van der Waals surface area contributed by atoms with Crippen molar-refractivity contribution in [3.05, 3.63) is 42.3 Å². The standard InChI is InChI=1S/C12H10FNO2/c1-16-12-5-3-9(7-14-12)8-2-4-11(15)10(13)6-8/h2-7,15H,1H3. The van der Waals surface area contributed by atoms with Crippen molar-refractivity contribution in [2.45, 2.75) is 0 Å². The predicted octanol–water partition coefficient (Wildman–Crippen LogP) is 2.60. The molecule has 2 aromatic rings. The zero-order valence-corrected chi connectivity index (χ0v) is 8.64. The summed E-state index contributed by atoms with van der Waals surface area (Å²) in [6.07, 6.45) is 1.59. The topological polar surface area (TPSA) is 42.4 Å². The Morgan fingerprint density at radius 1 is 1.19 bits per heavy atom.